The largest absolute Gasteiger partial charge is 0.480 e. The zero-order valence-corrected chi connectivity index (χ0v) is 12.0. The smallest absolute Gasteiger partial charge is 0.326 e. The van der Waals surface area contributed by atoms with Crippen LogP contribution in [0.15, 0.2) is 0 Å². The zero-order chi connectivity index (χ0) is 14.4. The molecule has 1 amide bonds. The first-order chi connectivity index (χ1) is 8.97. The number of carboxylic acids is 1. The average molecular weight is 271 g/mol. The normalized spacial score (nSPS) is 25.2. The van der Waals surface area contributed by atoms with Crippen LogP contribution >= 0.6 is 0 Å². The number of nitrogens with one attached hydrogen (secondary N) is 1. The lowest BCUT2D eigenvalue weighted by Crippen LogP contribution is -2.46. The maximum Gasteiger partial charge on any atom is 0.326 e. The van der Waals surface area contributed by atoms with Gasteiger partial charge in [-0.1, -0.05) is 20.3 Å². The molecule has 2 N–H and O–H groups in total. The van der Waals surface area contributed by atoms with Crippen molar-refractivity contribution in [2.24, 2.45) is 11.8 Å². The third-order valence-corrected chi connectivity index (χ3v) is 3.86. The molecule has 1 aliphatic carbocycles. The van der Waals surface area contributed by atoms with Crippen molar-refractivity contribution in [3.8, 4) is 0 Å². The summed E-state index contributed by atoms with van der Waals surface area (Å²) in [6.07, 6.45) is 3.23. The van der Waals surface area contributed by atoms with Gasteiger partial charge >= 0.3 is 5.97 Å². The van der Waals surface area contributed by atoms with Crippen LogP contribution in [0, 0.1) is 11.8 Å². The Morgan fingerprint density at radius 3 is 2.47 bits per heavy atom. The summed E-state index contributed by atoms with van der Waals surface area (Å²) in [5, 5.41) is 11.7. The predicted molar refractivity (Wildman–Crippen MR) is 71.8 cm³/mol. The van der Waals surface area contributed by atoms with Gasteiger partial charge in [0.25, 0.3) is 0 Å². The number of amides is 1. The molecule has 1 fully saturated rings. The minimum atomic E-state index is -0.955. The first-order valence-corrected chi connectivity index (χ1v) is 7.11. The van der Waals surface area contributed by atoms with Gasteiger partial charge < -0.3 is 15.2 Å². The van der Waals surface area contributed by atoms with E-state index in [-0.39, 0.29) is 17.9 Å². The van der Waals surface area contributed by atoms with Gasteiger partial charge in [-0.15, -0.1) is 0 Å². The summed E-state index contributed by atoms with van der Waals surface area (Å²) in [7, 11) is 0. The van der Waals surface area contributed by atoms with Gasteiger partial charge in [-0.05, 0) is 31.6 Å². The molecule has 0 radical (unpaired) electrons. The lowest BCUT2D eigenvalue weighted by Gasteiger charge is -2.34. The summed E-state index contributed by atoms with van der Waals surface area (Å²) in [4.78, 5) is 22.9. The lowest BCUT2D eigenvalue weighted by molar-refractivity contribution is -0.143. The molecule has 0 bridgehead atoms. The molecule has 19 heavy (non-hydrogen) atoms. The van der Waals surface area contributed by atoms with Crippen molar-refractivity contribution in [2.75, 3.05) is 6.61 Å². The van der Waals surface area contributed by atoms with E-state index in [2.05, 4.69) is 5.32 Å². The second kappa shape index (κ2) is 7.48. The fraction of sp³-hybridized carbons (Fsp3) is 0.857. The monoisotopic (exact) mass is 271 g/mol. The highest BCUT2D eigenvalue weighted by molar-refractivity contribution is 5.83. The van der Waals surface area contributed by atoms with Gasteiger partial charge in [-0.25, -0.2) is 4.79 Å². The first kappa shape index (κ1) is 16.0. The quantitative estimate of drug-likeness (QED) is 0.706. The van der Waals surface area contributed by atoms with Crippen LogP contribution in [0.5, 0.6) is 0 Å². The van der Waals surface area contributed by atoms with Crippen molar-refractivity contribution >= 4 is 11.9 Å². The summed E-state index contributed by atoms with van der Waals surface area (Å²) in [6.45, 7) is 6.43. The minimum Gasteiger partial charge on any atom is -0.480 e. The van der Waals surface area contributed by atoms with Crippen LogP contribution in [0.4, 0.5) is 0 Å². The zero-order valence-electron chi connectivity index (χ0n) is 12.0. The number of hydrogen-bond donors (Lipinski definition) is 2. The standard InChI is InChI=1S/C14H25NO4/c1-4-9(3)13(14(17)18)15-12(16)8-10-6-11(7-10)19-5-2/h9-11,13H,4-8H2,1-3H3,(H,15,16)(H,17,18)/t9-,10?,11?,13-/m0/s1. The molecular formula is C14H25NO4. The van der Waals surface area contributed by atoms with Crippen LogP contribution < -0.4 is 5.32 Å². The maximum atomic E-state index is 11.8. The number of carboxylic acid groups (broad SMARTS) is 1. The van der Waals surface area contributed by atoms with Crippen molar-refractivity contribution in [2.45, 2.75) is 58.6 Å². The second-order valence-electron chi connectivity index (χ2n) is 5.39. The molecule has 0 spiro atoms. The molecule has 110 valence electrons. The Labute approximate surface area is 114 Å². The summed E-state index contributed by atoms with van der Waals surface area (Å²) >= 11 is 0. The van der Waals surface area contributed by atoms with Gasteiger partial charge in [0, 0.05) is 13.0 Å². The van der Waals surface area contributed by atoms with Crippen molar-refractivity contribution in [3.63, 3.8) is 0 Å². The van der Waals surface area contributed by atoms with Gasteiger partial charge in [-0.2, -0.15) is 0 Å². The second-order valence-corrected chi connectivity index (χ2v) is 5.39. The summed E-state index contributed by atoms with van der Waals surface area (Å²) in [6, 6.07) is -0.778. The Morgan fingerprint density at radius 1 is 1.37 bits per heavy atom. The van der Waals surface area contributed by atoms with Crippen LogP contribution in [0.3, 0.4) is 0 Å². The molecule has 5 heteroatoms. The topological polar surface area (TPSA) is 75.6 Å². The van der Waals surface area contributed by atoms with E-state index in [1.54, 1.807) is 0 Å². The maximum absolute atomic E-state index is 11.8. The Hall–Kier alpha value is -1.10. The molecule has 0 heterocycles. The summed E-state index contributed by atoms with van der Waals surface area (Å²) in [5.41, 5.74) is 0. The Balaban J connectivity index is 2.32. The molecule has 1 rings (SSSR count). The van der Waals surface area contributed by atoms with Crippen molar-refractivity contribution < 1.29 is 19.4 Å². The third kappa shape index (κ3) is 4.82. The average Bonchev–Trinajstić information content (AvgIpc) is 2.32. The summed E-state index contributed by atoms with van der Waals surface area (Å²) in [5.74, 6) is -0.835. The highest BCUT2D eigenvalue weighted by atomic mass is 16.5. The van der Waals surface area contributed by atoms with Gasteiger partial charge in [-0.3, -0.25) is 4.79 Å². The Morgan fingerprint density at radius 2 is 2.00 bits per heavy atom. The van der Waals surface area contributed by atoms with E-state index in [4.69, 9.17) is 9.84 Å². The molecule has 5 nitrogen and oxygen atoms in total. The molecule has 1 aliphatic rings. The summed E-state index contributed by atoms with van der Waals surface area (Å²) < 4.78 is 5.44. The molecule has 0 aromatic rings. The fourth-order valence-electron chi connectivity index (χ4n) is 2.39. The van der Waals surface area contributed by atoms with Crippen LogP contribution in [0.1, 0.15) is 46.5 Å². The number of aliphatic carboxylic acids is 1. The molecule has 2 atom stereocenters. The van der Waals surface area contributed by atoms with Gasteiger partial charge in [0.1, 0.15) is 6.04 Å². The van der Waals surface area contributed by atoms with Crippen molar-refractivity contribution in [1.29, 1.82) is 0 Å². The molecule has 1 saturated carbocycles. The van der Waals surface area contributed by atoms with Gasteiger partial charge in [0.2, 0.25) is 5.91 Å². The van der Waals surface area contributed by atoms with E-state index < -0.39 is 12.0 Å². The molecule has 0 aliphatic heterocycles. The van der Waals surface area contributed by atoms with Crippen LogP contribution in [-0.2, 0) is 14.3 Å². The van der Waals surface area contributed by atoms with E-state index in [9.17, 15) is 9.59 Å². The number of rotatable bonds is 8. The molecule has 0 unspecified atom stereocenters. The number of carbonyl (C=O) groups excluding carboxylic acids is 1. The first-order valence-electron chi connectivity index (χ1n) is 7.11. The highest BCUT2D eigenvalue weighted by Crippen LogP contribution is 2.32. The van der Waals surface area contributed by atoms with Crippen LogP contribution in [0.2, 0.25) is 0 Å². The highest BCUT2D eigenvalue weighted by Gasteiger charge is 2.32. The lowest BCUT2D eigenvalue weighted by atomic mass is 9.79. The number of hydrogen-bond acceptors (Lipinski definition) is 3. The van der Waals surface area contributed by atoms with E-state index in [0.717, 1.165) is 19.3 Å². The fourth-order valence-corrected chi connectivity index (χ4v) is 2.39. The predicted octanol–water partition coefficient (Wildman–Crippen LogP) is 1.81. The minimum absolute atomic E-state index is 0.0565. The molecule has 0 aromatic carbocycles. The van der Waals surface area contributed by atoms with E-state index in [0.29, 0.717) is 18.9 Å². The molecule has 0 aromatic heterocycles. The van der Waals surface area contributed by atoms with Crippen LogP contribution in [-0.4, -0.2) is 35.7 Å². The number of ether oxygens (including phenoxy) is 1. The van der Waals surface area contributed by atoms with E-state index in [1.807, 2.05) is 20.8 Å². The van der Waals surface area contributed by atoms with Gasteiger partial charge in [0.15, 0.2) is 0 Å². The number of carbonyl (C=O) groups is 2. The van der Waals surface area contributed by atoms with Gasteiger partial charge in [0.05, 0.1) is 6.10 Å². The van der Waals surface area contributed by atoms with E-state index >= 15 is 0 Å². The SMILES string of the molecule is CCOC1CC(CC(=O)N[C@H](C(=O)O)[C@@H](C)CC)C1. The molecule has 0 saturated heterocycles. The molecular weight excluding hydrogens is 246 g/mol. The van der Waals surface area contributed by atoms with E-state index in [1.165, 1.54) is 0 Å². The third-order valence-electron chi connectivity index (χ3n) is 3.86. The van der Waals surface area contributed by atoms with Crippen molar-refractivity contribution in [3.05, 3.63) is 0 Å². The Kier molecular flexibility index (Phi) is 6.28. The Bertz CT molecular complexity index is 313. The van der Waals surface area contributed by atoms with Crippen LogP contribution in [0.25, 0.3) is 0 Å². The van der Waals surface area contributed by atoms with Crippen molar-refractivity contribution in [1.82, 2.24) is 5.32 Å².